The molecule has 0 spiro atoms. The Morgan fingerprint density at radius 3 is 2.27 bits per heavy atom. The minimum absolute atomic E-state index is 0.0245. The lowest BCUT2D eigenvalue weighted by molar-refractivity contribution is -0.164. The minimum atomic E-state index is -0.907. The molecule has 2 aromatic carbocycles. The first-order chi connectivity index (χ1) is 29.5. The van der Waals surface area contributed by atoms with E-state index in [1.165, 1.54) is 11.1 Å². The molecule has 1 saturated heterocycles. The monoisotopic (exact) mass is 867 g/mol. The smallest absolute Gasteiger partial charge is 0.251 e. The number of aromatic nitrogens is 1. The topological polar surface area (TPSA) is 207 Å². The highest BCUT2D eigenvalue weighted by atomic mass is 35.5. The van der Waals surface area contributed by atoms with Crippen LogP contribution >= 0.6 is 11.6 Å². The number of aliphatic hydroxyl groups is 1. The van der Waals surface area contributed by atoms with E-state index in [-0.39, 0.29) is 66.6 Å². The number of benzene rings is 2. The van der Waals surface area contributed by atoms with Gasteiger partial charge in [0.1, 0.15) is 48.4 Å². The van der Waals surface area contributed by atoms with Crippen molar-refractivity contribution in [3.8, 4) is 17.9 Å². The SMILES string of the molecule is CC(C)[C@H](NC(=O)COCCCCCCc1ccc(C(=O)NC2C(C)(C)C(Oc3ccc(C#N)c(Cl)c3)C2(C)C)cc1)C(=O)N1C[C@H](O)C[C@H]1C(=O)NCc1ccc(C#N)nc1. The van der Waals surface area contributed by atoms with Crippen LogP contribution in [0.4, 0.5) is 0 Å². The molecule has 0 radical (unpaired) electrons. The molecule has 1 aliphatic carbocycles. The van der Waals surface area contributed by atoms with Gasteiger partial charge in [0.05, 0.1) is 16.7 Å². The molecule has 1 aliphatic heterocycles. The Kier molecular flexibility index (Phi) is 16.1. The van der Waals surface area contributed by atoms with Gasteiger partial charge >= 0.3 is 0 Å². The average Bonchev–Trinajstić information content (AvgIpc) is 3.65. The van der Waals surface area contributed by atoms with Crippen LogP contribution in [0.1, 0.15) is 106 Å². The summed E-state index contributed by atoms with van der Waals surface area (Å²) in [7, 11) is 0. The molecule has 14 nitrogen and oxygen atoms in total. The van der Waals surface area contributed by atoms with Crippen LogP contribution in [-0.2, 0) is 32.1 Å². The van der Waals surface area contributed by atoms with Gasteiger partial charge in [-0.15, -0.1) is 0 Å². The van der Waals surface area contributed by atoms with Gasteiger partial charge in [0.2, 0.25) is 17.7 Å². The van der Waals surface area contributed by atoms with Crippen LogP contribution in [0.25, 0.3) is 0 Å². The van der Waals surface area contributed by atoms with Gasteiger partial charge in [-0.1, -0.05) is 84.2 Å². The first kappa shape index (κ1) is 47.5. The second-order valence-corrected chi connectivity index (χ2v) is 18.2. The molecule has 3 atom stereocenters. The summed E-state index contributed by atoms with van der Waals surface area (Å²) in [6.07, 6.45) is 4.96. The molecule has 15 heteroatoms. The zero-order valence-corrected chi connectivity index (χ0v) is 37.1. The number of unbranched alkanes of at least 4 members (excludes halogenated alkanes) is 3. The summed E-state index contributed by atoms with van der Waals surface area (Å²) >= 11 is 6.23. The quantitative estimate of drug-likeness (QED) is 0.109. The summed E-state index contributed by atoms with van der Waals surface area (Å²) in [4.78, 5) is 58.3. The summed E-state index contributed by atoms with van der Waals surface area (Å²) in [6.45, 7) is 12.2. The predicted octanol–water partition coefficient (Wildman–Crippen LogP) is 5.63. The first-order valence-corrected chi connectivity index (χ1v) is 21.6. The van der Waals surface area contributed by atoms with E-state index in [2.05, 4.69) is 54.7 Å². The van der Waals surface area contributed by atoms with Crippen molar-refractivity contribution >= 4 is 35.2 Å². The van der Waals surface area contributed by atoms with E-state index < -0.39 is 35.9 Å². The molecule has 1 saturated carbocycles. The number of amides is 4. The fourth-order valence-electron chi connectivity index (χ4n) is 8.80. The Bertz CT molecular complexity index is 2130. The molecule has 5 rings (SSSR count). The van der Waals surface area contributed by atoms with Crippen LogP contribution in [0.2, 0.25) is 5.02 Å². The molecule has 2 aliphatic rings. The van der Waals surface area contributed by atoms with Crippen molar-refractivity contribution in [2.75, 3.05) is 19.8 Å². The Balaban J connectivity index is 0.976. The number of nitrogens with zero attached hydrogens (tertiary/aromatic N) is 4. The highest BCUT2D eigenvalue weighted by Crippen LogP contribution is 2.55. The van der Waals surface area contributed by atoms with Crippen molar-refractivity contribution in [3.63, 3.8) is 0 Å². The molecular formula is C47H58ClN7O7. The van der Waals surface area contributed by atoms with Crippen LogP contribution < -0.4 is 20.7 Å². The maximum atomic E-state index is 13.6. The molecule has 4 N–H and O–H groups in total. The molecule has 0 bridgehead atoms. The third kappa shape index (κ3) is 11.7. The number of aliphatic hydroxyl groups excluding tert-OH is 1. The minimum Gasteiger partial charge on any atom is -0.489 e. The fraction of sp³-hybridized carbons (Fsp3) is 0.511. The number of likely N-dealkylation sites (tertiary alicyclic amines) is 1. The van der Waals surface area contributed by atoms with Gasteiger partial charge in [-0.05, 0) is 66.6 Å². The number of ether oxygens (including phenoxy) is 2. The number of hydrogen-bond donors (Lipinski definition) is 4. The standard InChI is InChI=1S/C47H58ClN7O7/c1-29(2)40(43(60)55-27-35(56)21-38(55)42(59)52-26-31-14-18-34(24-50)51-25-31)53-39(57)28-61-20-10-8-7-9-11-30-12-15-32(16-13-30)41(58)54-44-46(3,4)45(47(44,5)6)62-36-19-17-33(23-49)37(48)22-36/h12-19,22,25,29,35,38,40,44-45,56H,7-11,20-21,26-28H2,1-6H3,(H,52,59)(H,53,57)(H,54,58)/t35-,38+,40+,44?,45?/m1/s1. The van der Waals surface area contributed by atoms with Gasteiger partial charge in [0.15, 0.2) is 0 Å². The summed E-state index contributed by atoms with van der Waals surface area (Å²) in [5.41, 5.74) is 2.32. The van der Waals surface area contributed by atoms with E-state index in [1.807, 2.05) is 30.3 Å². The first-order valence-electron chi connectivity index (χ1n) is 21.2. The van der Waals surface area contributed by atoms with Crippen LogP contribution in [0.3, 0.4) is 0 Å². The lowest BCUT2D eigenvalue weighted by Crippen LogP contribution is -2.74. The predicted molar refractivity (Wildman–Crippen MR) is 233 cm³/mol. The second kappa shape index (κ2) is 21.0. The van der Waals surface area contributed by atoms with Crippen molar-refractivity contribution in [3.05, 3.63) is 93.8 Å². The normalized spacial score (nSPS) is 20.3. The third-order valence-electron chi connectivity index (χ3n) is 11.9. The number of nitriles is 2. The van der Waals surface area contributed by atoms with Crippen molar-refractivity contribution < 1.29 is 33.8 Å². The number of aryl methyl sites for hydroxylation is 1. The van der Waals surface area contributed by atoms with Crippen molar-refractivity contribution in [1.29, 1.82) is 10.5 Å². The van der Waals surface area contributed by atoms with Crippen LogP contribution in [-0.4, -0.2) is 88.7 Å². The van der Waals surface area contributed by atoms with E-state index in [9.17, 15) is 29.5 Å². The van der Waals surface area contributed by atoms with Crippen molar-refractivity contribution in [2.45, 2.75) is 117 Å². The number of hydrogen-bond acceptors (Lipinski definition) is 10. The Morgan fingerprint density at radius 2 is 1.65 bits per heavy atom. The summed E-state index contributed by atoms with van der Waals surface area (Å²) in [6, 6.07) is 18.0. The van der Waals surface area contributed by atoms with E-state index >= 15 is 0 Å². The number of halogens is 1. The van der Waals surface area contributed by atoms with Crippen LogP contribution in [0.5, 0.6) is 5.75 Å². The molecule has 4 amide bonds. The molecule has 330 valence electrons. The molecule has 62 heavy (non-hydrogen) atoms. The number of carbonyl (C=O) groups excluding carboxylic acids is 4. The molecule has 3 aromatic rings. The summed E-state index contributed by atoms with van der Waals surface area (Å²) < 4.78 is 12.0. The largest absolute Gasteiger partial charge is 0.489 e. The average molecular weight is 868 g/mol. The van der Waals surface area contributed by atoms with Gasteiger partial charge < -0.3 is 35.4 Å². The lowest BCUT2D eigenvalue weighted by Gasteiger charge is -2.63. The van der Waals surface area contributed by atoms with E-state index in [0.717, 1.165) is 37.7 Å². The van der Waals surface area contributed by atoms with Crippen LogP contribution in [0.15, 0.2) is 60.8 Å². The van der Waals surface area contributed by atoms with E-state index in [4.69, 9.17) is 26.3 Å². The number of rotatable bonds is 19. The highest BCUT2D eigenvalue weighted by Gasteiger charge is 2.64. The van der Waals surface area contributed by atoms with Gasteiger partial charge in [-0.25, -0.2) is 4.98 Å². The number of nitrogens with one attached hydrogen (secondary N) is 3. The number of β-amino-alcohol motifs (C(OH)–C–C–N with tert-alkyl or cyclic N) is 1. The van der Waals surface area contributed by atoms with E-state index in [0.29, 0.717) is 34.1 Å². The van der Waals surface area contributed by atoms with Gasteiger partial charge in [0, 0.05) is 60.8 Å². The number of carbonyl (C=O) groups is 4. The maximum Gasteiger partial charge on any atom is 0.251 e. The summed E-state index contributed by atoms with van der Waals surface area (Å²) in [5.74, 6) is -1.15. The third-order valence-corrected chi connectivity index (χ3v) is 12.2. The molecule has 2 heterocycles. The zero-order chi connectivity index (χ0) is 45.2. The van der Waals surface area contributed by atoms with Gasteiger partial charge in [-0.2, -0.15) is 10.5 Å². The molecular weight excluding hydrogens is 810 g/mol. The Morgan fingerprint density at radius 1 is 0.952 bits per heavy atom. The molecule has 1 aromatic heterocycles. The zero-order valence-electron chi connectivity index (χ0n) is 36.4. The highest BCUT2D eigenvalue weighted by molar-refractivity contribution is 6.31. The van der Waals surface area contributed by atoms with Crippen molar-refractivity contribution in [2.24, 2.45) is 16.7 Å². The van der Waals surface area contributed by atoms with Crippen LogP contribution in [0, 0.1) is 39.4 Å². The van der Waals surface area contributed by atoms with Crippen molar-refractivity contribution in [1.82, 2.24) is 25.8 Å². The molecule has 2 fully saturated rings. The number of pyridine rings is 1. The Labute approximate surface area is 369 Å². The fourth-order valence-corrected chi connectivity index (χ4v) is 9.01. The molecule has 0 unspecified atom stereocenters. The maximum absolute atomic E-state index is 13.6. The second-order valence-electron chi connectivity index (χ2n) is 17.8. The Hall–Kier alpha value is -5.54. The lowest BCUT2D eigenvalue weighted by atomic mass is 9.49. The summed E-state index contributed by atoms with van der Waals surface area (Å²) in [5, 5.41) is 37.7. The van der Waals surface area contributed by atoms with E-state index in [1.54, 1.807) is 44.2 Å². The van der Waals surface area contributed by atoms with Gasteiger partial charge in [0.25, 0.3) is 5.91 Å². The van der Waals surface area contributed by atoms with Gasteiger partial charge in [-0.3, -0.25) is 19.2 Å².